The van der Waals surface area contributed by atoms with Gasteiger partial charge in [-0.3, -0.25) is 9.91 Å². The third kappa shape index (κ3) is 3.67. The highest BCUT2D eigenvalue weighted by Crippen LogP contribution is 2.26. The zero-order valence-corrected chi connectivity index (χ0v) is 14.0. The fraction of sp³-hybridized carbons (Fsp3) is 0.471. The lowest BCUT2D eigenvalue weighted by molar-refractivity contribution is -0.117. The Morgan fingerprint density at radius 1 is 1.25 bits per heavy atom. The molecule has 0 bridgehead atoms. The Morgan fingerprint density at radius 3 is 2.58 bits per heavy atom. The van der Waals surface area contributed by atoms with Crippen molar-refractivity contribution in [3.05, 3.63) is 24.3 Å². The molecule has 0 radical (unpaired) electrons. The maximum absolute atomic E-state index is 12.0. The Kier molecular flexibility index (Phi) is 4.69. The van der Waals surface area contributed by atoms with E-state index >= 15 is 0 Å². The number of Topliss-reactive ketones (excluding diaryl/α,β-unsaturated/α-hetero) is 1. The van der Waals surface area contributed by atoms with Crippen LogP contribution in [0.15, 0.2) is 29.4 Å². The maximum Gasteiger partial charge on any atom is 0.414 e. The van der Waals surface area contributed by atoms with Crippen LogP contribution in [0, 0.1) is 0 Å². The van der Waals surface area contributed by atoms with Crippen LogP contribution < -0.4 is 9.80 Å². The van der Waals surface area contributed by atoms with Crippen molar-refractivity contribution in [2.45, 2.75) is 25.9 Å². The van der Waals surface area contributed by atoms with E-state index in [1.165, 1.54) is 0 Å². The fourth-order valence-electron chi connectivity index (χ4n) is 2.79. The molecule has 0 N–H and O–H groups in total. The molecule has 1 atom stereocenters. The molecule has 2 heterocycles. The fourth-order valence-corrected chi connectivity index (χ4v) is 2.79. The summed E-state index contributed by atoms with van der Waals surface area (Å²) in [5.41, 5.74) is 1.84. The first-order valence-electron chi connectivity index (χ1n) is 8.12. The van der Waals surface area contributed by atoms with Gasteiger partial charge in [0, 0.05) is 31.4 Å². The molecule has 1 fully saturated rings. The van der Waals surface area contributed by atoms with Crippen LogP contribution in [0.25, 0.3) is 0 Å². The van der Waals surface area contributed by atoms with Crippen molar-refractivity contribution in [3.63, 3.8) is 0 Å². The van der Waals surface area contributed by atoms with E-state index in [0.717, 1.165) is 24.5 Å². The second kappa shape index (κ2) is 6.90. The number of rotatable bonds is 5. The van der Waals surface area contributed by atoms with Crippen LogP contribution in [0.4, 0.5) is 16.2 Å². The average Bonchev–Trinajstić information content (AvgIpc) is 2.95. The van der Waals surface area contributed by atoms with E-state index in [9.17, 15) is 9.59 Å². The largest absolute Gasteiger partial charge is 0.444 e. The Labute approximate surface area is 141 Å². The topological polar surface area (TPSA) is 65.5 Å². The molecule has 1 amide bonds. The number of carbonyl (C=O) groups is 2. The van der Waals surface area contributed by atoms with Crippen LogP contribution in [-0.2, 0) is 9.53 Å². The minimum Gasteiger partial charge on any atom is -0.444 e. The van der Waals surface area contributed by atoms with Crippen molar-refractivity contribution in [3.8, 4) is 0 Å². The quantitative estimate of drug-likeness (QED) is 0.827. The van der Waals surface area contributed by atoms with Gasteiger partial charge in [0.05, 0.1) is 13.1 Å². The summed E-state index contributed by atoms with van der Waals surface area (Å²) >= 11 is 0. The van der Waals surface area contributed by atoms with Crippen molar-refractivity contribution < 1.29 is 14.3 Å². The molecule has 7 nitrogen and oxygen atoms in total. The molecule has 1 aromatic rings. The van der Waals surface area contributed by atoms with E-state index in [1.54, 1.807) is 18.2 Å². The molecule has 128 valence electrons. The number of hydrogen-bond donors (Lipinski definition) is 0. The van der Waals surface area contributed by atoms with Crippen molar-refractivity contribution in [1.29, 1.82) is 0 Å². The SMILES string of the molecule is CC(=O)CC[C@H]1CN(c2ccc(N3C=NN(C)CC3)cc2)C(=O)O1. The highest BCUT2D eigenvalue weighted by atomic mass is 16.6. The number of hydrazone groups is 1. The highest BCUT2D eigenvalue weighted by molar-refractivity contribution is 5.90. The van der Waals surface area contributed by atoms with Gasteiger partial charge in [0.15, 0.2) is 0 Å². The van der Waals surface area contributed by atoms with E-state index in [0.29, 0.717) is 19.4 Å². The Morgan fingerprint density at radius 2 is 1.96 bits per heavy atom. The van der Waals surface area contributed by atoms with Gasteiger partial charge in [-0.2, -0.15) is 5.10 Å². The number of anilines is 2. The Bertz CT molecular complexity index is 644. The van der Waals surface area contributed by atoms with E-state index in [-0.39, 0.29) is 18.0 Å². The summed E-state index contributed by atoms with van der Waals surface area (Å²) in [5, 5.41) is 6.16. The molecule has 0 unspecified atom stereocenters. The lowest BCUT2D eigenvalue weighted by Gasteiger charge is -2.27. The highest BCUT2D eigenvalue weighted by Gasteiger charge is 2.32. The minimum atomic E-state index is -0.350. The van der Waals surface area contributed by atoms with Crippen LogP contribution in [0.2, 0.25) is 0 Å². The van der Waals surface area contributed by atoms with Crippen molar-refractivity contribution in [2.24, 2.45) is 5.10 Å². The van der Waals surface area contributed by atoms with Gasteiger partial charge >= 0.3 is 6.09 Å². The summed E-state index contributed by atoms with van der Waals surface area (Å²) in [6, 6.07) is 7.78. The molecule has 0 saturated carbocycles. The molecule has 1 saturated heterocycles. The summed E-state index contributed by atoms with van der Waals surface area (Å²) in [7, 11) is 1.94. The number of hydrogen-bond acceptors (Lipinski definition) is 6. The number of amides is 1. The molecule has 0 aliphatic carbocycles. The molecular formula is C17H22N4O3. The van der Waals surface area contributed by atoms with Gasteiger partial charge in [-0.05, 0) is 37.6 Å². The predicted molar refractivity (Wildman–Crippen MR) is 92.4 cm³/mol. The van der Waals surface area contributed by atoms with Crippen LogP contribution in [0.1, 0.15) is 19.8 Å². The Hall–Kier alpha value is -2.57. The number of ether oxygens (including phenoxy) is 1. The van der Waals surface area contributed by atoms with Gasteiger partial charge in [-0.1, -0.05) is 0 Å². The lowest BCUT2D eigenvalue weighted by atomic mass is 10.1. The summed E-state index contributed by atoms with van der Waals surface area (Å²) < 4.78 is 5.33. The van der Waals surface area contributed by atoms with Crippen molar-refractivity contribution in [2.75, 3.05) is 36.5 Å². The van der Waals surface area contributed by atoms with E-state index in [4.69, 9.17) is 4.74 Å². The standard InChI is InChI=1S/C17H22N4O3/c1-13(22)3-8-16-11-21(17(23)24-16)15-6-4-14(5-7-15)20-10-9-19(2)18-12-20/h4-7,12,16H,3,8-11H2,1-2H3/t16-/m0/s1. The van der Waals surface area contributed by atoms with Crippen LogP contribution in [-0.4, -0.2) is 56.0 Å². The van der Waals surface area contributed by atoms with Gasteiger partial charge < -0.3 is 14.4 Å². The monoisotopic (exact) mass is 330 g/mol. The number of benzene rings is 1. The van der Waals surface area contributed by atoms with E-state index < -0.39 is 0 Å². The molecule has 3 rings (SSSR count). The van der Waals surface area contributed by atoms with Gasteiger partial charge in [0.1, 0.15) is 18.2 Å². The smallest absolute Gasteiger partial charge is 0.414 e. The second-order valence-electron chi connectivity index (χ2n) is 6.18. The first-order valence-corrected chi connectivity index (χ1v) is 8.12. The van der Waals surface area contributed by atoms with Crippen LogP contribution in [0.5, 0.6) is 0 Å². The van der Waals surface area contributed by atoms with Crippen LogP contribution >= 0.6 is 0 Å². The molecule has 0 spiro atoms. The van der Waals surface area contributed by atoms with E-state index in [2.05, 4.69) is 10.0 Å². The zero-order chi connectivity index (χ0) is 17.1. The number of cyclic esters (lactones) is 1. The third-order valence-corrected chi connectivity index (χ3v) is 4.24. The molecule has 2 aliphatic rings. The number of carbonyl (C=O) groups excluding carboxylic acids is 2. The van der Waals surface area contributed by atoms with Crippen molar-refractivity contribution in [1.82, 2.24) is 5.01 Å². The Balaban J connectivity index is 1.64. The van der Waals surface area contributed by atoms with Gasteiger partial charge in [0.2, 0.25) is 0 Å². The summed E-state index contributed by atoms with van der Waals surface area (Å²) in [4.78, 5) is 26.8. The summed E-state index contributed by atoms with van der Waals surface area (Å²) in [6.07, 6.45) is 2.25. The number of ketones is 1. The summed E-state index contributed by atoms with van der Waals surface area (Å²) in [6.45, 7) is 3.78. The number of nitrogens with zero attached hydrogens (tertiary/aromatic N) is 4. The summed E-state index contributed by atoms with van der Waals surface area (Å²) in [5.74, 6) is 0.114. The average molecular weight is 330 g/mol. The van der Waals surface area contributed by atoms with Gasteiger partial charge in [-0.25, -0.2) is 4.79 Å². The minimum absolute atomic E-state index is 0.114. The molecule has 7 heteroatoms. The lowest BCUT2D eigenvalue weighted by Crippen LogP contribution is -2.36. The predicted octanol–water partition coefficient (Wildman–Crippen LogP) is 2.08. The van der Waals surface area contributed by atoms with Gasteiger partial charge in [0.25, 0.3) is 0 Å². The first kappa shape index (κ1) is 16.3. The zero-order valence-electron chi connectivity index (χ0n) is 14.0. The number of likely N-dealkylation sites (N-methyl/N-ethyl adjacent to an activating group) is 1. The molecule has 0 aromatic heterocycles. The normalized spacial score (nSPS) is 20.5. The first-order chi connectivity index (χ1) is 11.5. The maximum atomic E-state index is 12.0. The molecular weight excluding hydrogens is 308 g/mol. The second-order valence-corrected chi connectivity index (χ2v) is 6.18. The van der Waals surface area contributed by atoms with Gasteiger partial charge in [-0.15, -0.1) is 0 Å². The third-order valence-electron chi connectivity index (χ3n) is 4.24. The van der Waals surface area contributed by atoms with E-state index in [1.807, 2.05) is 36.3 Å². The molecule has 24 heavy (non-hydrogen) atoms. The molecule has 2 aliphatic heterocycles. The van der Waals surface area contributed by atoms with Crippen molar-refractivity contribution >= 4 is 29.6 Å². The molecule has 1 aromatic carbocycles. The van der Waals surface area contributed by atoms with Crippen LogP contribution in [0.3, 0.4) is 0 Å².